The SMILES string of the molecule is CN(C[C@H](O)[C@H](O)[C@@H](O)[C@@H](O)CO)C(=O)[C@H](Cc1ccc(C(=O)OC(C)(C)C)cc1)NC(=O)OC(C)(C)C. The summed E-state index contributed by atoms with van der Waals surface area (Å²) in [7, 11) is 1.32. The van der Waals surface area contributed by atoms with E-state index in [0.717, 1.165) is 4.90 Å². The van der Waals surface area contributed by atoms with Gasteiger partial charge in [-0.1, -0.05) is 12.1 Å². The second-order valence-electron chi connectivity index (χ2n) is 11.1. The van der Waals surface area contributed by atoms with Gasteiger partial charge in [-0.2, -0.15) is 0 Å². The number of hydrogen-bond donors (Lipinski definition) is 6. The number of aliphatic hydroxyl groups excluding tert-OH is 5. The van der Waals surface area contributed by atoms with E-state index in [9.17, 15) is 34.8 Å². The lowest BCUT2D eigenvalue weighted by atomic mass is 10.0. The van der Waals surface area contributed by atoms with Crippen LogP contribution in [0.4, 0.5) is 4.79 Å². The molecule has 0 spiro atoms. The van der Waals surface area contributed by atoms with Crippen LogP contribution in [0.25, 0.3) is 0 Å². The van der Waals surface area contributed by atoms with Gasteiger partial charge >= 0.3 is 12.1 Å². The van der Waals surface area contributed by atoms with E-state index >= 15 is 0 Å². The Labute approximate surface area is 223 Å². The Morgan fingerprint density at radius 1 is 0.868 bits per heavy atom. The molecule has 0 aliphatic heterocycles. The van der Waals surface area contributed by atoms with E-state index in [1.54, 1.807) is 53.7 Å². The van der Waals surface area contributed by atoms with Gasteiger partial charge < -0.3 is 45.2 Å². The summed E-state index contributed by atoms with van der Waals surface area (Å²) in [6.45, 7) is 8.94. The molecule has 12 nitrogen and oxygen atoms in total. The Morgan fingerprint density at radius 2 is 1.37 bits per heavy atom. The third-order valence-electron chi connectivity index (χ3n) is 5.18. The number of alkyl carbamates (subject to hydrolysis) is 1. The molecular formula is C26H42N2O10. The van der Waals surface area contributed by atoms with Crippen molar-refractivity contribution < 1.29 is 49.4 Å². The Bertz CT molecular complexity index is 923. The zero-order valence-electron chi connectivity index (χ0n) is 23.0. The van der Waals surface area contributed by atoms with Gasteiger partial charge in [0, 0.05) is 20.0 Å². The summed E-state index contributed by atoms with van der Waals surface area (Å²) >= 11 is 0. The highest BCUT2D eigenvalue weighted by Gasteiger charge is 2.33. The first-order chi connectivity index (χ1) is 17.3. The fraction of sp³-hybridized carbons (Fsp3) is 0.654. The lowest BCUT2D eigenvalue weighted by Crippen LogP contribution is -2.54. The molecule has 6 N–H and O–H groups in total. The molecule has 0 aliphatic carbocycles. The molecule has 0 radical (unpaired) electrons. The average molecular weight is 543 g/mol. The minimum atomic E-state index is -1.86. The highest BCUT2D eigenvalue weighted by molar-refractivity contribution is 5.90. The van der Waals surface area contributed by atoms with Crippen molar-refractivity contribution in [1.82, 2.24) is 10.2 Å². The van der Waals surface area contributed by atoms with Gasteiger partial charge in [-0.25, -0.2) is 9.59 Å². The van der Waals surface area contributed by atoms with E-state index in [2.05, 4.69) is 5.32 Å². The first-order valence-electron chi connectivity index (χ1n) is 12.2. The fourth-order valence-electron chi connectivity index (χ4n) is 3.31. The molecule has 1 aromatic rings. The molecule has 1 rings (SSSR count). The standard InChI is InChI=1S/C26H42N2O10/c1-25(2,3)37-23(35)16-10-8-15(9-11-16)12-17(27-24(36)38-26(4,5)6)22(34)28(7)13-18(30)20(32)21(33)19(31)14-29/h8-11,17-21,29-33H,12-14H2,1-7H3,(H,27,36)/t17-,18-,19-,20-,21-/m0/s1. The molecule has 1 aromatic carbocycles. The van der Waals surface area contributed by atoms with Gasteiger partial charge in [0.05, 0.1) is 12.2 Å². The maximum absolute atomic E-state index is 13.2. The first kappa shape index (κ1) is 33.3. The van der Waals surface area contributed by atoms with Crippen molar-refractivity contribution in [3.63, 3.8) is 0 Å². The van der Waals surface area contributed by atoms with E-state index in [-0.39, 0.29) is 6.42 Å². The van der Waals surface area contributed by atoms with Crippen molar-refractivity contribution in [2.75, 3.05) is 20.2 Å². The quantitative estimate of drug-likeness (QED) is 0.207. The monoisotopic (exact) mass is 542 g/mol. The van der Waals surface area contributed by atoms with Crippen LogP contribution < -0.4 is 5.32 Å². The van der Waals surface area contributed by atoms with Crippen molar-refractivity contribution >= 4 is 18.0 Å². The second kappa shape index (κ2) is 13.9. The van der Waals surface area contributed by atoms with E-state index in [1.165, 1.54) is 19.2 Å². The van der Waals surface area contributed by atoms with E-state index in [4.69, 9.17) is 14.6 Å². The number of aliphatic hydroxyl groups is 5. The van der Waals surface area contributed by atoms with E-state index in [1.807, 2.05) is 0 Å². The van der Waals surface area contributed by atoms with E-state index < -0.39 is 72.8 Å². The number of benzene rings is 1. The van der Waals surface area contributed by atoms with Crippen molar-refractivity contribution in [1.29, 1.82) is 0 Å². The number of amides is 2. The molecule has 216 valence electrons. The van der Waals surface area contributed by atoms with Gasteiger partial charge in [0.25, 0.3) is 0 Å². The summed E-state index contributed by atoms with van der Waals surface area (Å²) in [5.74, 6) is -1.15. The number of hydrogen-bond acceptors (Lipinski definition) is 10. The lowest BCUT2D eigenvalue weighted by molar-refractivity contribution is -0.139. The lowest BCUT2D eigenvalue weighted by Gasteiger charge is -2.31. The van der Waals surface area contributed by atoms with Crippen LogP contribution in [-0.2, 0) is 20.7 Å². The van der Waals surface area contributed by atoms with Gasteiger partial charge in [0.1, 0.15) is 41.7 Å². The number of nitrogens with zero attached hydrogens (tertiary/aromatic N) is 1. The summed E-state index contributed by atoms with van der Waals surface area (Å²) < 4.78 is 10.6. The number of ether oxygens (including phenoxy) is 2. The Morgan fingerprint density at radius 3 is 1.84 bits per heavy atom. The van der Waals surface area contributed by atoms with Gasteiger partial charge in [0.2, 0.25) is 5.91 Å². The van der Waals surface area contributed by atoms with E-state index in [0.29, 0.717) is 11.1 Å². The summed E-state index contributed by atoms with van der Waals surface area (Å²) in [6.07, 6.45) is -7.91. The number of rotatable bonds is 11. The summed E-state index contributed by atoms with van der Waals surface area (Å²) in [5, 5.41) is 51.1. The molecule has 0 saturated heterocycles. The van der Waals surface area contributed by atoms with Crippen LogP contribution in [0, 0.1) is 0 Å². The number of esters is 1. The Kier molecular flexibility index (Phi) is 12.1. The van der Waals surface area contributed by atoms with Gasteiger partial charge in [-0.3, -0.25) is 4.79 Å². The van der Waals surface area contributed by atoms with Crippen LogP contribution in [0.2, 0.25) is 0 Å². The molecule has 5 atom stereocenters. The first-order valence-corrected chi connectivity index (χ1v) is 12.2. The van der Waals surface area contributed by atoms with Gasteiger partial charge in [0.15, 0.2) is 0 Å². The zero-order valence-corrected chi connectivity index (χ0v) is 23.0. The molecule has 12 heteroatoms. The van der Waals surface area contributed by atoms with Crippen LogP contribution in [0.15, 0.2) is 24.3 Å². The Balaban J connectivity index is 3.06. The highest BCUT2D eigenvalue weighted by Crippen LogP contribution is 2.15. The van der Waals surface area contributed by atoms with Gasteiger partial charge in [-0.05, 0) is 59.2 Å². The molecular weight excluding hydrogens is 500 g/mol. The van der Waals surface area contributed by atoms with Crippen LogP contribution in [-0.4, -0.2) is 110 Å². The topological polar surface area (TPSA) is 186 Å². The highest BCUT2D eigenvalue weighted by atomic mass is 16.6. The van der Waals surface area contributed by atoms with Crippen LogP contribution in [0.3, 0.4) is 0 Å². The summed E-state index contributed by atoms with van der Waals surface area (Å²) in [4.78, 5) is 39.0. The van der Waals surface area contributed by atoms with Crippen molar-refractivity contribution in [2.24, 2.45) is 0 Å². The van der Waals surface area contributed by atoms with Crippen molar-refractivity contribution in [3.05, 3.63) is 35.4 Å². The minimum absolute atomic E-state index is 0.00150. The van der Waals surface area contributed by atoms with Gasteiger partial charge in [-0.15, -0.1) is 0 Å². The van der Waals surface area contributed by atoms with Crippen LogP contribution in [0.1, 0.15) is 57.5 Å². The average Bonchev–Trinajstić information content (AvgIpc) is 2.79. The zero-order chi connectivity index (χ0) is 29.4. The molecule has 0 heterocycles. The maximum Gasteiger partial charge on any atom is 0.408 e. The molecule has 0 aromatic heterocycles. The minimum Gasteiger partial charge on any atom is -0.456 e. The molecule has 0 aliphatic rings. The second-order valence-corrected chi connectivity index (χ2v) is 11.1. The number of likely N-dealkylation sites (N-methyl/N-ethyl adjacent to an activating group) is 1. The maximum atomic E-state index is 13.2. The number of carbonyl (C=O) groups excluding carboxylic acids is 3. The fourth-order valence-corrected chi connectivity index (χ4v) is 3.31. The summed E-state index contributed by atoms with van der Waals surface area (Å²) in [6, 6.07) is 5.15. The van der Waals surface area contributed by atoms with Crippen molar-refractivity contribution in [2.45, 2.75) is 89.6 Å². The third kappa shape index (κ3) is 11.3. The predicted octanol–water partition coefficient (Wildman–Crippen LogP) is -0.0280. The van der Waals surface area contributed by atoms with Crippen LogP contribution in [0.5, 0.6) is 0 Å². The third-order valence-corrected chi connectivity index (χ3v) is 5.18. The normalized spacial score (nSPS) is 16.0. The summed E-state index contributed by atoms with van der Waals surface area (Å²) in [5.41, 5.74) is -0.589. The largest absolute Gasteiger partial charge is 0.456 e. The van der Waals surface area contributed by atoms with Crippen molar-refractivity contribution in [3.8, 4) is 0 Å². The molecule has 0 unspecified atom stereocenters. The van der Waals surface area contributed by atoms with Crippen LogP contribution >= 0.6 is 0 Å². The molecule has 0 bridgehead atoms. The Hall–Kier alpha value is -2.77. The molecule has 0 saturated carbocycles. The number of nitrogens with one attached hydrogen (secondary N) is 1. The molecule has 0 fully saturated rings. The molecule has 2 amide bonds. The number of carbonyl (C=O) groups is 3. The molecule has 38 heavy (non-hydrogen) atoms. The predicted molar refractivity (Wildman–Crippen MR) is 137 cm³/mol. The smallest absolute Gasteiger partial charge is 0.408 e.